The Morgan fingerprint density at radius 3 is 2.61 bits per heavy atom. The fourth-order valence-electron chi connectivity index (χ4n) is 2.19. The fourth-order valence-corrected chi connectivity index (χ4v) is 2.87. The van der Waals surface area contributed by atoms with Crippen LogP contribution < -0.4 is 0 Å². The van der Waals surface area contributed by atoms with Gasteiger partial charge in [-0.05, 0) is 6.26 Å². The number of hydrogen-bond donors (Lipinski definition) is 0. The molecule has 0 radical (unpaired) electrons. The Labute approximate surface area is 113 Å². The molecule has 0 spiro atoms. The molecule has 0 bridgehead atoms. The summed E-state index contributed by atoms with van der Waals surface area (Å²) in [4.78, 5) is 14.8. The van der Waals surface area contributed by atoms with E-state index in [1.54, 1.807) is 11.8 Å². The predicted octanol–water partition coefficient (Wildman–Crippen LogP) is 1.93. The van der Waals surface area contributed by atoms with Crippen LogP contribution in [0.1, 0.15) is 10.4 Å². The molecule has 0 N–H and O–H groups in total. The van der Waals surface area contributed by atoms with Gasteiger partial charge < -0.3 is 4.74 Å². The minimum atomic E-state index is -0.0219. The molecule has 1 aliphatic rings. The molecule has 1 unspecified atom stereocenters. The van der Waals surface area contributed by atoms with Gasteiger partial charge in [0.1, 0.15) is 0 Å². The van der Waals surface area contributed by atoms with Crippen molar-refractivity contribution in [3.63, 3.8) is 0 Å². The molecule has 1 atom stereocenters. The second-order valence-electron chi connectivity index (χ2n) is 4.35. The van der Waals surface area contributed by atoms with Gasteiger partial charge in [-0.3, -0.25) is 9.69 Å². The third-order valence-electron chi connectivity index (χ3n) is 3.17. The molecular weight excluding hydrogens is 246 g/mol. The molecule has 2 rings (SSSR count). The maximum atomic E-state index is 12.5. The smallest absolute Gasteiger partial charge is 0.180 e. The van der Waals surface area contributed by atoms with E-state index in [-0.39, 0.29) is 11.8 Å². The van der Waals surface area contributed by atoms with Crippen LogP contribution in [-0.4, -0.2) is 55.0 Å². The van der Waals surface area contributed by atoms with Gasteiger partial charge in [-0.15, -0.1) is 0 Å². The van der Waals surface area contributed by atoms with E-state index >= 15 is 0 Å². The van der Waals surface area contributed by atoms with Crippen LogP contribution in [0.25, 0.3) is 0 Å². The van der Waals surface area contributed by atoms with E-state index in [0.29, 0.717) is 0 Å². The lowest BCUT2D eigenvalue weighted by molar-refractivity contribution is 0.0217. The highest BCUT2D eigenvalue weighted by molar-refractivity contribution is 7.98. The Morgan fingerprint density at radius 1 is 1.33 bits per heavy atom. The summed E-state index contributed by atoms with van der Waals surface area (Å²) in [6, 6.07) is 9.55. The zero-order chi connectivity index (χ0) is 12.8. The van der Waals surface area contributed by atoms with Gasteiger partial charge in [-0.2, -0.15) is 11.8 Å². The summed E-state index contributed by atoms with van der Waals surface area (Å²) in [7, 11) is 0. The van der Waals surface area contributed by atoms with E-state index < -0.39 is 0 Å². The first-order valence-corrected chi connectivity index (χ1v) is 7.62. The van der Waals surface area contributed by atoms with Crippen LogP contribution >= 0.6 is 11.8 Å². The lowest BCUT2D eigenvalue weighted by Gasteiger charge is -2.33. The summed E-state index contributed by atoms with van der Waals surface area (Å²) in [5, 5.41) is 0. The van der Waals surface area contributed by atoms with Crippen LogP contribution in [0.2, 0.25) is 0 Å². The summed E-state index contributed by atoms with van der Waals surface area (Å²) >= 11 is 1.72. The SMILES string of the molecule is CSCC(C(=O)c1ccccc1)N1CCOCC1. The molecule has 0 amide bonds. The summed E-state index contributed by atoms with van der Waals surface area (Å²) in [5.74, 6) is 1.07. The highest BCUT2D eigenvalue weighted by atomic mass is 32.2. The Hall–Kier alpha value is -0.840. The van der Waals surface area contributed by atoms with Crippen LogP contribution in [0.3, 0.4) is 0 Å². The average molecular weight is 265 g/mol. The van der Waals surface area contributed by atoms with E-state index in [4.69, 9.17) is 4.74 Å². The largest absolute Gasteiger partial charge is 0.379 e. The molecule has 4 heteroatoms. The molecule has 0 saturated carbocycles. The maximum absolute atomic E-state index is 12.5. The number of ketones is 1. The Bertz CT molecular complexity index is 377. The van der Waals surface area contributed by atoms with Crippen LogP contribution in [0.5, 0.6) is 0 Å². The van der Waals surface area contributed by atoms with E-state index in [1.165, 1.54) is 0 Å². The first-order valence-electron chi connectivity index (χ1n) is 6.23. The molecule has 18 heavy (non-hydrogen) atoms. The standard InChI is InChI=1S/C14H19NO2S/c1-18-11-13(15-7-9-17-10-8-15)14(16)12-5-3-2-4-6-12/h2-6,13H,7-11H2,1H3. The first-order chi connectivity index (χ1) is 8.83. The third-order valence-corrected chi connectivity index (χ3v) is 3.82. The third kappa shape index (κ3) is 3.34. The van der Waals surface area contributed by atoms with Crippen molar-refractivity contribution in [1.82, 2.24) is 4.90 Å². The molecule has 1 aliphatic heterocycles. The normalized spacial score (nSPS) is 18.5. The number of carbonyl (C=O) groups excluding carboxylic acids is 1. The van der Waals surface area contributed by atoms with Crippen molar-refractivity contribution < 1.29 is 9.53 Å². The van der Waals surface area contributed by atoms with Gasteiger partial charge in [0.2, 0.25) is 0 Å². The van der Waals surface area contributed by atoms with Crippen molar-refractivity contribution >= 4 is 17.5 Å². The number of carbonyl (C=O) groups is 1. The molecule has 0 aliphatic carbocycles. The van der Waals surface area contributed by atoms with E-state index in [2.05, 4.69) is 4.90 Å². The summed E-state index contributed by atoms with van der Waals surface area (Å²) in [5.41, 5.74) is 0.808. The fraction of sp³-hybridized carbons (Fsp3) is 0.500. The van der Waals surface area contributed by atoms with E-state index in [0.717, 1.165) is 37.6 Å². The quantitative estimate of drug-likeness (QED) is 0.761. The molecule has 98 valence electrons. The molecule has 1 heterocycles. The minimum Gasteiger partial charge on any atom is -0.379 e. The first kappa shape index (κ1) is 13.6. The van der Waals surface area contributed by atoms with Gasteiger partial charge in [-0.1, -0.05) is 30.3 Å². The monoisotopic (exact) mass is 265 g/mol. The van der Waals surface area contributed by atoms with Gasteiger partial charge >= 0.3 is 0 Å². The van der Waals surface area contributed by atoms with Gasteiger partial charge in [0, 0.05) is 24.4 Å². The second kappa shape index (κ2) is 6.92. The van der Waals surface area contributed by atoms with Gasteiger partial charge in [0.25, 0.3) is 0 Å². The lowest BCUT2D eigenvalue weighted by Crippen LogP contribution is -2.48. The van der Waals surface area contributed by atoms with E-state index in [1.807, 2.05) is 36.6 Å². The van der Waals surface area contributed by atoms with Crippen LogP contribution in [0.4, 0.5) is 0 Å². The molecule has 1 fully saturated rings. The number of nitrogens with zero attached hydrogens (tertiary/aromatic N) is 1. The minimum absolute atomic E-state index is 0.0219. The van der Waals surface area contributed by atoms with Crippen molar-refractivity contribution in [1.29, 1.82) is 0 Å². The number of thioether (sulfide) groups is 1. The van der Waals surface area contributed by atoms with Gasteiger partial charge in [0.15, 0.2) is 5.78 Å². The Kier molecular flexibility index (Phi) is 5.23. The second-order valence-corrected chi connectivity index (χ2v) is 5.26. The summed E-state index contributed by atoms with van der Waals surface area (Å²) < 4.78 is 5.35. The molecule has 0 aromatic heterocycles. The highest BCUT2D eigenvalue weighted by Gasteiger charge is 2.27. The van der Waals surface area contributed by atoms with Crippen molar-refractivity contribution in [2.75, 3.05) is 38.3 Å². The van der Waals surface area contributed by atoms with Gasteiger partial charge in [-0.25, -0.2) is 0 Å². The molecule has 1 saturated heterocycles. The Morgan fingerprint density at radius 2 is 2.00 bits per heavy atom. The highest BCUT2D eigenvalue weighted by Crippen LogP contribution is 2.14. The number of rotatable bonds is 5. The zero-order valence-electron chi connectivity index (χ0n) is 10.7. The van der Waals surface area contributed by atoms with Gasteiger partial charge in [0.05, 0.1) is 19.3 Å². The molecule has 1 aromatic carbocycles. The van der Waals surface area contributed by atoms with E-state index in [9.17, 15) is 4.79 Å². The van der Waals surface area contributed by atoms with Crippen molar-refractivity contribution in [2.45, 2.75) is 6.04 Å². The average Bonchev–Trinajstić information content (AvgIpc) is 2.46. The zero-order valence-corrected chi connectivity index (χ0v) is 11.5. The van der Waals surface area contributed by atoms with Crippen LogP contribution in [0, 0.1) is 0 Å². The Balaban J connectivity index is 2.11. The van der Waals surface area contributed by atoms with Crippen LogP contribution in [-0.2, 0) is 4.74 Å². The number of hydrogen-bond acceptors (Lipinski definition) is 4. The molecular formula is C14H19NO2S. The summed E-state index contributed by atoms with van der Waals surface area (Å²) in [6.45, 7) is 3.16. The number of ether oxygens (including phenoxy) is 1. The van der Waals surface area contributed by atoms with Crippen molar-refractivity contribution in [3.05, 3.63) is 35.9 Å². The van der Waals surface area contributed by atoms with Crippen molar-refractivity contribution in [3.8, 4) is 0 Å². The number of benzene rings is 1. The predicted molar refractivity (Wildman–Crippen MR) is 75.3 cm³/mol. The van der Waals surface area contributed by atoms with Crippen molar-refractivity contribution in [2.24, 2.45) is 0 Å². The number of morpholine rings is 1. The molecule has 3 nitrogen and oxygen atoms in total. The lowest BCUT2D eigenvalue weighted by atomic mass is 10.0. The maximum Gasteiger partial charge on any atom is 0.180 e. The number of Topliss-reactive ketones (excluding diaryl/α,β-unsaturated/α-hetero) is 1. The van der Waals surface area contributed by atoms with Crippen LogP contribution in [0.15, 0.2) is 30.3 Å². The molecule has 1 aromatic rings. The summed E-state index contributed by atoms with van der Waals surface area (Å²) in [6.07, 6.45) is 2.05. The topological polar surface area (TPSA) is 29.5 Å².